The number of hydrogen-bond donors (Lipinski definition) is 3. The summed E-state index contributed by atoms with van der Waals surface area (Å²) in [7, 11) is 1.58. The highest BCUT2D eigenvalue weighted by atomic mass is 127. The van der Waals surface area contributed by atoms with Crippen LogP contribution in [-0.2, 0) is 0 Å². The third-order valence-corrected chi connectivity index (χ3v) is 4.00. The van der Waals surface area contributed by atoms with Crippen LogP contribution in [0.15, 0.2) is 83.9 Å². The van der Waals surface area contributed by atoms with E-state index >= 15 is 0 Å². The predicted molar refractivity (Wildman–Crippen MR) is 126 cm³/mol. The van der Waals surface area contributed by atoms with Gasteiger partial charge in [0, 0.05) is 11.8 Å². The van der Waals surface area contributed by atoms with Crippen LogP contribution in [-0.4, -0.2) is 24.7 Å². The van der Waals surface area contributed by atoms with Crippen LogP contribution in [0.5, 0.6) is 17.2 Å². The minimum atomic E-state index is -0.775. The molecule has 0 saturated carbocycles. The molecule has 0 amide bonds. The van der Waals surface area contributed by atoms with Crippen LogP contribution in [0.2, 0.25) is 0 Å². The SMILES string of the molecule is COc1cccc(C(O)CN=C(N)Nc2cccc(Oc3ccccc3)c2)c1.I. The number of aliphatic hydroxyl groups excluding tert-OH is 1. The molecule has 7 heteroatoms. The molecular formula is C22H24IN3O3. The lowest BCUT2D eigenvalue weighted by Crippen LogP contribution is -2.23. The van der Waals surface area contributed by atoms with Crippen molar-refractivity contribution in [2.45, 2.75) is 6.10 Å². The number of hydrogen-bond acceptors (Lipinski definition) is 4. The number of halogens is 1. The Kier molecular flexibility index (Phi) is 8.75. The van der Waals surface area contributed by atoms with Gasteiger partial charge in [0.1, 0.15) is 17.2 Å². The second kappa shape index (κ2) is 11.3. The van der Waals surface area contributed by atoms with Gasteiger partial charge in [0.15, 0.2) is 5.96 Å². The minimum Gasteiger partial charge on any atom is -0.497 e. The molecular weight excluding hydrogens is 481 g/mol. The van der Waals surface area contributed by atoms with Gasteiger partial charge in [-0.15, -0.1) is 24.0 Å². The molecule has 3 aromatic carbocycles. The molecule has 0 saturated heterocycles. The fourth-order valence-corrected chi connectivity index (χ4v) is 2.59. The first-order valence-electron chi connectivity index (χ1n) is 8.86. The molecule has 0 heterocycles. The van der Waals surface area contributed by atoms with E-state index < -0.39 is 6.10 Å². The van der Waals surface area contributed by atoms with Gasteiger partial charge in [0.05, 0.1) is 19.8 Å². The van der Waals surface area contributed by atoms with Gasteiger partial charge in [0.2, 0.25) is 0 Å². The van der Waals surface area contributed by atoms with Crippen LogP contribution in [0.3, 0.4) is 0 Å². The van der Waals surface area contributed by atoms with Gasteiger partial charge in [-0.2, -0.15) is 0 Å². The highest BCUT2D eigenvalue weighted by Gasteiger charge is 2.08. The summed E-state index contributed by atoms with van der Waals surface area (Å²) in [6.45, 7) is 0.131. The lowest BCUT2D eigenvalue weighted by atomic mass is 10.1. The Hall–Kier alpha value is -2.78. The number of nitrogens with one attached hydrogen (secondary N) is 1. The third kappa shape index (κ3) is 6.95. The average Bonchev–Trinajstić information content (AvgIpc) is 2.73. The smallest absolute Gasteiger partial charge is 0.193 e. The van der Waals surface area contributed by atoms with Gasteiger partial charge in [0.25, 0.3) is 0 Å². The van der Waals surface area contributed by atoms with Crippen LogP contribution in [0.4, 0.5) is 5.69 Å². The van der Waals surface area contributed by atoms with Crippen LogP contribution < -0.4 is 20.5 Å². The van der Waals surface area contributed by atoms with E-state index in [0.717, 1.165) is 11.4 Å². The zero-order chi connectivity index (χ0) is 19.8. The van der Waals surface area contributed by atoms with E-state index in [1.807, 2.05) is 72.8 Å². The van der Waals surface area contributed by atoms with Gasteiger partial charge in [-0.05, 0) is 42.0 Å². The van der Waals surface area contributed by atoms with Crippen molar-refractivity contribution in [3.05, 3.63) is 84.4 Å². The maximum Gasteiger partial charge on any atom is 0.193 e. The first-order valence-corrected chi connectivity index (χ1v) is 8.86. The van der Waals surface area contributed by atoms with E-state index in [1.165, 1.54) is 0 Å². The maximum absolute atomic E-state index is 10.3. The van der Waals surface area contributed by atoms with Crippen LogP contribution in [0, 0.1) is 0 Å². The number of methoxy groups -OCH3 is 1. The van der Waals surface area contributed by atoms with E-state index in [0.29, 0.717) is 17.1 Å². The third-order valence-electron chi connectivity index (χ3n) is 4.00. The summed E-state index contributed by atoms with van der Waals surface area (Å²) in [5, 5.41) is 13.3. The number of aliphatic imine (C=N–C) groups is 1. The van der Waals surface area contributed by atoms with Gasteiger partial charge in [-0.25, -0.2) is 0 Å². The number of ether oxygens (including phenoxy) is 2. The summed E-state index contributed by atoms with van der Waals surface area (Å²) in [6.07, 6.45) is -0.775. The molecule has 0 spiro atoms. The zero-order valence-electron chi connectivity index (χ0n) is 16.0. The number of nitrogens with zero attached hydrogens (tertiary/aromatic N) is 1. The second-order valence-electron chi connectivity index (χ2n) is 6.09. The Bertz CT molecular complexity index is 935. The fourth-order valence-electron chi connectivity index (χ4n) is 2.59. The zero-order valence-corrected chi connectivity index (χ0v) is 18.3. The van der Waals surface area contributed by atoms with Crippen molar-refractivity contribution in [2.75, 3.05) is 19.0 Å². The van der Waals surface area contributed by atoms with E-state index in [2.05, 4.69) is 10.3 Å². The molecule has 6 nitrogen and oxygen atoms in total. The summed E-state index contributed by atoms with van der Waals surface area (Å²) in [6, 6.07) is 24.2. The van der Waals surface area contributed by atoms with E-state index in [1.54, 1.807) is 13.2 Å². The molecule has 1 atom stereocenters. The highest BCUT2D eigenvalue weighted by molar-refractivity contribution is 14.0. The van der Waals surface area contributed by atoms with Gasteiger partial charge in [-0.1, -0.05) is 36.4 Å². The normalized spacial score (nSPS) is 11.9. The van der Waals surface area contributed by atoms with Crippen molar-refractivity contribution in [3.63, 3.8) is 0 Å². The molecule has 3 rings (SSSR count). The minimum absolute atomic E-state index is 0. The molecule has 3 aromatic rings. The summed E-state index contributed by atoms with van der Waals surface area (Å²) < 4.78 is 11.0. The average molecular weight is 505 g/mol. The fraction of sp³-hybridized carbons (Fsp3) is 0.136. The number of anilines is 1. The summed E-state index contributed by atoms with van der Waals surface area (Å²) in [4.78, 5) is 4.22. The number of aliphatic hydroxyl groups is 1. The lowest BCUT2D eigenvalue weighted by molar-refractivity contribution is 0.187. The van der Waals surface area contributed by atoms with Crippen molar-refractivity contribution < 1.29 is 14.6 Å². The van der Waals surface area contributed by atoms with Crippen LogP contribution in [0.1, 0.15) is 11.7 Å². The second-order valence-corrected chi connectivity index (χ2v) is 6.09. The number of para-hydroxylation sites is 1. The quantitative estimate of drug-likeness (QED) is 0.249. The molecule has 0 aliphatic heterocycles. The molecule has 0 radical (unpaired) electrons. The highest BCUT2D eigenvalue weighted by Crippen LogP contribution is 2.24. The monoisotopic (exact) mass is 505 g/mol. The van der Waals surface area contributed by atoms with E-state index in [-0.39, 0.29) is 36.5 Å². The van der Waals surface area contributed by atoms with Gasteiger partial charge < -0.3 is 25.6 Å². The Morgan fingerprint density at radius 2 is 1.66 bits per heavy atom. The molecule has 4 N–H and O–H groups in total. The van der Waals surface area contributed by atoms with Crippen molar-refractivity contribution >= 4 is 35.6 Å². The molecule has 152 valence electrons. The Morgan fingerprint density at radius 1 is 0.966 bits per heavy atom. The Balaban J connectivity index is 0.00000300. The standard InChI is InChI=1S/C22H23N3O3.HI/c1-27-19-11-5-7-16(13-19)21(26)15-24-22(23)25-17-8-6-12-20(14-17)28-18-9-3-2-4-10-18;/h2-14,21,26H,15H2,1H3,(H3,23,24,25);1H. The molecule has 0 aliphatic carbocycles. The first kappa shape index (κ1) is 22.5. The molecule has 1 unspecified atom stereocenters. The first-order chi connectivity index (χ1) is 13.6. The summed E-state index contributed by atoms with van der Waals surface area (Å²) >= 11 is 0. The van der Waals surface area contributed by atoms with Crippen molar-refractivity contribution in [1.82, 2.24) is 0 Å². The molecule has 0 bridgehead atoms. The van der Waals surface area contributed by atoms with Gasteiger partial charge in [-0.3, -0.25) is 4.99 Å². The van der Waals surface area contributed by atoms with E-state index in [9.17, 15) is 5.11 Å². The van der Waals surface area contributed by atoms with Crippen LogP contribution >= 0.6 is 24.0 Å². The van der Waals surface area contributed by atoms with Gasteiger partial charge >= 0.3 is 0 Å². The summed E-state index contributed by atoms with van der Waals surface area (Å²) in [5.74, 6) is 2.32. The van der Waals surface area contributed by atoms with Crippen molar-refractivity contribution in [3.8, 4) is 17.2 Å². The predicted octanol–water partition coefficient (Wildman–Crippen LogP) is 4.57. The van der Waals surface area contributed by atoms with E-state index in [4.69, 9.17) is 15.2 Å². The van der Waals surface area contributed by atoms with Crippen LogP contribution in [0.25, 0.3) is 0 Å². The number of benzene rings is 3. The lowest BCUT2D eigenvalue weighted by Gasteiger charge is -2.12. The summed E-state index contributed by atoms with van der Waals surface area (Å²) in [5.41, 5.74) is 7.41. The Labute approximate surface area is 187 Å². The number of guanidine groups is 1. The molecule has 0 fully saturated rings. The number of nitrogens with two attached hydrogens (primary N) is 1. The van der Waals surface area contributed by atoms with Crippen molar-refractivity contribution in [2.24, 2.45) is 10.7 Å². The maximum atomic E-state index is 10.3. The molecule has 0 aromatic heterocycles. The molecule has 29 heavy (non-hydrogen) atoms. The largest absolute Gasteiger partial charge is 0.497 e. The Morgan fingerprint density at radius 3 is 2.41 bits per heavy atom. The number of rotatable bonds is 7. The molecule has 0 aliphatic rings. The topological polar surface area (TPSA) is 89.1 Å². The van der Waals surface area contributed by atoms with Crippen molar-refractivity contribution in [1.29, 1.82) is 0 Å².